The Hall–Kier alpha value is -4.21. The van der Waals surface area contributed by atoms with Crippen LogP contribution in [0.5, 0.6) is 11.5 Å². The van der Waals surface area contributed by atoms with Crippen LogP contribution in [0.15, 0.2) is 54.6 Å². The smallest absolute Gasteiger partial charge is 0.254 e. The van der Waals surface area contributed by atoms with Gasteiger partial charge in [0.1, 0.15) is 23.9 Å². The van der Waals surface area contributed by atoms with Crippen LogP contribution < -0.4 is 14.4 Å². The van der Waals surface area contributed by atoms with E-state index in [-0.39, 0.29) is 18.4 Å². The highest BCUT2D eigenvalue weighted by molar-refractivity contribution is 5.96. The second-order valence-electron chi connectivity index (χ2n) is 9.85. The van der Waals surface area contributed by atoms with Gasteiger partial charge in [-0.1, -0.05) is 0 Å². The fourth-order valence-corrected chi connectivity index (χ4v) is 4.70. The number of halogens is 1. The minimum absolute atomic E-state index is 0.0188. The molecule has 1 saturated heterocycles. The number of carbonyl (C=O) groups is 2. The monoisotopic (exact) mass is 533 g/mol. The standard InChI is InChI=1S/C29H32FN5O4/c1-38-23-9-10-24(26(17-23)39-2)25-11-12-27(32-31-25)33-13-15-34(16-14-33)28(36)19-35(18-20-3-4-20)29(37)21-5-7-22(30)8-6-21/h5-12,17,20H,3-4,13-16,18-19H2,1-2H3. The van der Waals surface area contributed by atoms with Crippen LogP contribution in [0.25, 0.3) is 11.3 Å². The van der Waals surface area contributed by atoms with Gasteiger partial charge < -0.3 is 24.2 Å². The maximum absolute atomic E-state index is 13.3. The van der Waals surface area contributed by atoms with E-state index in [1.54, 1.807) is 30.1 Å². The number of hydrogen-bond donors (Lipinski definition) is 0. The largest absolute Gasteiger partial charge is 0.497 e. The summed E-state index contributed by atoms with van der Waals surface area (Å²) < 4.78 is 24.1. The van der Waals surface area contributed by atoms with Gasteiger partial charge in [-0.15, -0.1) is 10.2 Å². The summed E-state index contributed by atoms with van der Waals surface area (Å²) in [4.78, 5) is 31.7. The van der Waals surface area contributed by atoms with E-state index < -0.39 is 5.82 Å². The number of benzene rings is 2. The first-order valence-corrected chi connectivity index (χ1v) is 13.1. The third-order valence-electron chi connectivity index (χ3n) is 7.17. The molecule has 9 nitrogen and oxygen atoms in total. The van der Waals surface area contributed by atoms with Gasteiger partial charge in [0.15, 0.2) is 5.82 Å². The van der Waals surface area contributed by atoms with Crippen LogP contribution >= 0.6 is 0 Å². The third kappa shape index (κ3) is 6.27. The van der Waals surface area contributed by atoms with E-state index in [1.807, 2.05) is 24.3 Å². The van der Waals surface area contributed by atoms with Gasteiger partial charge in [-0.25, -0.2) is 4.39 Å². The summed E-state index contributed by atoms with van der Waals surface area (Å²) in [7, 11) is 3.21. The summed E-state index contributed by atoms with van der Waals surface area (Å²) in [5, 5.41) is 8.83. The summed E-state index contributed by atoms with van der Waals surface area (Å²) in [5.41, 5.74) is 1.90. The van der Waals surface area contributed by atoms with E-state index in [0.717, 1.165) is 24.2 Å². The number of amides is 2. The first-order chi connectivity index (χ1) is 18.9. The second-order valence-corrected chi connectivity index (χ2v) is 9.85. The number of nitrogens with zero attached hydrogens (tertiary/aromatic N) is 5. The molecule has 0 spiro atoms. The van der Waals surface area contributed by atoms with Crippen molar-refractivity contribution < 1.29 is 23.5 Å². The molecule has 39 heavy (non-hydrogen) atoms. The van der Waals surface area contributed by atoms with E-state index in [0.29, 0.717) is 61.4 Å². The first-order valence-electron chi connectivity index (χ1n) is 13.1. The maximum Gasteiger partial charge on any atom is 0.254 e. The molecule has 0 bridgehead atoms. The van der Waals surface area contributed by atoms with Crippen molar-refractivity contribution in [2.45, 2.75) is 12.8 Å². The Balaban J connectivity index is 1.19. The van der Waals surface area contributed by atoms with Crippen molar-refractivity contribution >= 4 is 17.6 Å². The van der Waals surface area contributed by atoms with Crippen LogP contribution in [0.2, 0.25) is 0 Å². The van der Waals surface area contributed by atoms with Gasteiger partial charge in [0.25, 0.3) is 5.91 Å². The van der Waals surface area contributed by atoms with Crippen molar-refractivity contribution in [2.24, 2.45) is 5.92 Å². The lowest BCUT2D eigenvalue weighted by molar-refractivity contribution is -0.132. The van der Waals surface area contributed by atoms with Crippen LogP contribution in [0.1, 0.15) is 23.2 Å². The van der Waals surface area contributed by atoms with Crippen molar-refractivity contribution in [1.29, 1.82) is 0 Å². The molecule has 1 aromatic heterocycles. The highest BCUT2D eigenvalue weighted by Crippen LogP contribution is 2.32. The predicted molar refractivity (Wildman–Crippen MR) is 144 cm³/mol. The molecule has 1 saturated carbocycles. The molecular formula is C29H32FN5O4. The SMILES string of the molecule is COc1ccc(-c2ccc(N3CCN(C(=O)CN(CC4CC4)C(=O)c4ccc(F)cc4)CC3)nn2)c(OC)c1. The number of carbonyl (C=O) groups excluding carboxylic acids is 2. The van der Waals surface area contributed by atoms with Gasteiger partial charge in [0, 0.05) is 49.9 Å². The maximum atomic E-state index is 13.3. The van der Waals surface area contributed by atoms with Crippen LogP contribution in [0.4, 0.5) is 10.2 Å². The van der Waals surface area contributed by atoms with Crippen LogP contribution in [0.3, 0.4) is 0 Å². The molecule has 0 radical (unpaired) electrons. The Morgan fingerprint density at radius 2 is 1.69 bits per heavy atom. The van der Waals surface area contributed by atoms with E-state index in [9.17, 15) is 14.0 Å². The van der Waals surface area contributed by atoms with Crippen molar-refractivity contribution in [3.63, 3.8) is 0 Å². The summed E-state index contributed by atoms with van der Waals surface area (Å²) >= 11 is 0. The lowest BCUT2D eigenvalue weighted by Crippen LogP contribution is -2.52. The van der Waals surface area contributed by atoms with Gasteiger partial charge in [-0.05, 0) is 67.3 Å². The van der Waals surface area contributed by atoms with E-state index in [2.05, 4.69) is 15.1 Å². The summed E-state index contributed by atoms with van der Waals surface area (Å²) in [6, 6.07) is 14.8. The van der Waals surface area contributed by atoms with Gasteiger partial charge in [-0.2, -0.15) is 0 Å². The molecule has 0 unspecified atom stereocenters. The molecule has 0 N–H and O–H groups in total. The fraction of sp³-hybridized carbons (Fsp3) is 0.379. The van der Waals surface area contributed by atoms with Gasteiger partial charge >= 0.3 is 0 Å². The van der Waals surface area contributed by atoms with Crippen molar-refractivity contribution in [3.05, 3.63) is 66.0 Å². The number of aromatic nitrogens is 2. The zero-order valence-electron chi connectivity index (χ0n) is 22.2. The van der Waals surface area contributed by atoms with E-state index in [1.165, 1.54) is 24.3 Å². The molecule has 204 valence electrons. The highest BCUT2D eigenvalue weighted by Gasteiger charge is 2.30. The second kappa shape index (κ2) is 11.7. The number of piperazine rings is 1. The minimum Gasteiger partial charge on any atom is -0.497 e. The van der Waals surface area contributed by atoms with Crippen LogP contribution in [-0.4, -0.2) is 85.3 Å². The van der Waals surface area contributed by atoms with Crippen molar-refractivity contribution in [3.8, 4) is 22.8 Å². The molecule has 2 heterocycles. The lowest BCUT2D eigenvalue weighted by Gasteiger charge is -2.36. The molecule has 1 aliphatic heterocycles. The molecule has 3 aromatic rings. The number of anilines is 1. The Bertz CT molecular complexity index is 1310. The molecule has 2 aromatic carbocycles. The Labute approximate surface area is 227 Å². The fourth-order valence-electron chi connectivity index (χ4n) is 4.70. The molecule has 2 amide bonds. The minimum atomic E-state index is -0.394. The van der Waals surface area contributed by atoms with Crippen molar-refractivity contribution in [2.75, 3.05) is 58.4 Å². The van der Waals surface area contributed by atoms with Crippen molar-refractivity contribution in [1.82, 2.24) is 20.0 Å². The van der Waals surface area contributed by atoms with Crippen LogP contribution in [0, 0.1) is 11.7 Å². The van der Waals surface area contributed by atoms with E-state index in [4.69, 9.17) is 9.47 Å². The number of methoxy groups -OCH3 is 2. The van der Waals surface area contributed by atoms with Crippen LogP contribution in [-0.2, 0) is 4.79 Å². The highest BCUT2D eigenvalue weighted by atomic mass is 19.1. The molecule has 2 aliphatic rings. The number of rotatable bonds is 9. The Morgan fingerprint density at radius 3 is 2.31 bits per heavy atom. The predicted octanol–water partition coefficient (Wildman–Crippen LogP) is 3.50. The third-order valence-corrected chi connectivity index (χ3v) is 7.17. The summed E-state index contributed by atoms with van der Waals surface area (Å²) in [6.45, 7) is 2.83. The number of ether oxygens (including phenoxy) is 2. The molecule has 0 atom stereocenters. The molecule has 5 rings (SSSR count). The molecule has 1 aliphatic carbocycles. The van der Waals surface area contributed by atoms with E-state index >= 15 is 0 Å². The normalized spacial score (nSPS) is 15.2. The quantitative estimate of drug-likeness (QED) is 0.416. The topological polar surface area (TPSA) is 88.1 Å². The molecule has 2 fully saturated rings. The Kier molecular flexibility index (Phi) is 7.90. The Morgan fingerprint density at radius 1 is 0.949 bits per heavy atom. The van der Waals surface area contributed by atoms with Gasteiger partial charge in [-0.3, -0.25) is 9.59 Å². The summed E-state index contributed by atoms with van der Waals surface area (Å²) in [6.07, 6.45) is 2.12. The number of hydrogen-bond acceptors (Lipinski definition) is 7. The van der Waals surface area contributed by atoms with Gasteiger partial charge in [0.05, 0.1) is 19.9 Å². The summed E-state index contributed by atoms with van der Waals surface area (Å²) in [5.74, 6) is 1.80. The average molecular weight is 534 g/mol. The lowest BCUT2D eigenvalue weighted by atomic mass is 10.1. The zero-order valence-corrected chi connectivity index (χ0v) is 22.2. The van der Waals surface area contributed by atoms with Gasteiger partial charge in [0.2, 0.25) is 5.91 Å². The zero-order chi connectivity index (χ0) is 27.4. The average Bonchev–Trinajstić information content (AvgIpc) is 3.81. The molecular weight excluding hydrogens is 501 g/mol. The molecule has 10 heteroatoms. The first kappa shape index (κ1) is 26.4.